The first kappa shape index (κ1) is 29.5. The smallest absolute Gasteiger partial charge is 0.408 e. The minimum Gasteiger partial charge on any atom is -0.508 e. The van der Waals surface area contributed by atoms with Crippen molar-refractivity contribution in [1.82, 2.24) is 10.2 Å². The SMILES string of the molecule is CC(C)C(NC(=O)OC(C)(C)C)C(=O)N(C(C)C)C(C(=O)Nc1ccc2ccccc2c1)c1ccccc1O. The molecule has 8 heteroatoms. The van der Waals surface area contributed by atoms with E-state index in [1.807, 2.05) is 50.2 Å². The standard InChI is InChI=1S/C31H39N3O5/c1-19(2)26(33-30(38)39-31(5,6)7)29(37)34(20(3)4)27(24-14-10-11-15-25(24)35)28(36)32-23-17-16-21-12-8-9-13-22(21)18-23/h8-20,26-27,35H,1-7H3,(H,32,36)(H,33,38). The summed E-state index contributed by atoms with van der Waals surface area (Å²) < 4.78 is 5.39. The molecule has 3 amide bonds. The number of nitrogens with zero attached hydrogens (tertiary/aromatic N) is 1. The van der Waals surface area contributed by atoms with E-state index in [2.05, 4.69) is 10.6 Å². The molecule has 0 radical (unpaired) electrons. The molecular weight excluding hydrogens is 494 g/mol. The summed E-state index contributed by atoms with van der Waals surface area (Å²) >= 11 is 0. The van der Waals surface area contributed by atoms with Gasteiger partial charge in [-0.2, -0.15) is 0 Å². The van der Waals surface area contributed by atoms with Crippen molar-refractivity contribution in [2.75, 3.05) is 5.32 Å². The van der Waals surface area contributed by atoms with Gasteiger partial charge in [-0.3, -0.25) is 9.59 Å². The van der Waals surface area contributed by atoms with Gasteiger partial charge in [-0.05, 0) is 69.5 Å². The summed E-state index contributed by atoms with van der Waals surface area (Å²) in [5, 5.41) is 18.4. The Morgan fingerprint density at radius 3 is 2.08 bits per heavy atom. The Morgan fingerprint density at radius 2 is 1.49 bits per heavy atom. The molecule has 0 saturated carbocycles. The van der Waals surface area contributed by atoms with E-state index >= 15 is 0 Å². The molecule has 0 bridgehead atoms. The predicted octanol–water partition coefficient (Wildman–Crippen LogP) is 6.01. The van der Waals surface area contributed by atoms with Gasteiger partial charge in [0.2, 0.25) is 5.91 Å². The highest BCUT2D eigenvalue weighted by atomic mass is 16.6. The maximum atomic E-state index is 14.1. The van der Waals surface area contributed by atoms with Crippen molar-refractivity contribution in [3.63, 3.8) is 0 Å². The summed E-state index contributed by atoms with van der Waals surface area (Å²) in [6, 6.07) is 17.2. The fraction of sp³-hybridized carbons (Fsp3) is 0.387. The number of amides is 3. The zero-order valence-corrected chi connectivity index (χ0v) is 23.7. The van der Waals surface area contributed by atoms with Crippen LogP contribution in [-0.4, -0.2) is 45.6 Å². The van der Waals surface area contributed by atoms with Crippen LogP contribution in [0.2, 0.25) is 0 Å². The van der Waals surface area contributed by atoms with Crippen LogP contribution >= 0.6 is 0 Å². The van der Waals surface area contributed by atoms with Crippen molar-refractivity contribution in [1.29, 1.82) is 0 Å². The van der Waals surface area contributed by atoms with Crippen LogP contribution in [0.3, 0.4) is 0 Å². The summed E-state index contributed by atoms with van der Waals surface area (Å²) in [6.07, 6.45) is -0.724. The Bertz CT molecular complexity index is 1330. The number of nitrogens with one attached hydrogen (secondary N) is 2. The minimum absolute atomic E-state index is 0.115. The molecule has 0 saturated heterocycles. The lowest BCUT2D eigenvalue weighted by molar-refractivity contribution is -0.143. The molecule has 0 spiro atoms. The average Bonchev–Trinajstić information content (AvgIpc) is 2.84. The topological polar surface area (TPSA) is 108 Å². The maximum absolute atomic E-state index is 14.1. The molecule has 3 N–H and O–H groups in total. The molecule has 0 fully saturated rings. The first-order valence-corrected chi connectivity index (χ1v) is 13.2. The third kappa shape index (κ3) is 7.50. The third-order valence-corrected chi connectivity index (χ3v) is 6.19. The number of rotatable bonds is 8. The monoisotopic (exact) mass is 533 g/mol. The predicted molar refractivity (Wildman–Crippen MR) is 153 cm³/mol. The van der Waals surface area contributed by atoms with Crippen molar-refractivity contribution in [3.05, 3.63) is 72.3 Å². The molecule has 2 unspecified atom stereocenters. The van der Waals surface area contributed by atoms with Gasteiger partial charge >= 0.3 is 6.09 Å². The lowest BCUT2D eigenvalue weighted by Gasteiger charge is -2.38. The highest BCUT2D eigenvalue weighted by Gasteiger charge is 2.39. The molecule has 0 aliphatic carbocycles. The molecule has 0 aliphatic heterocycles. The summed E-state index contributed by atoms with van der Waals surface area (Å²) in [5.41, 5.74) is 0.0880. The van der Waals surface area contributed by atoms with Crippen LogP contribution in [0.1, 0.15) is 60.1 Å². The molecule has 208 valence electrons. The second-order valence-corrected chi connectivity index (χ2v) is 11.2. The zero-order valence-electron chi connectivity index (χ0n) is 23.7. The minimum atomic E-state index is -1.17. The number of hydrogen-bond acceptors (Lipinski definition) is 5. The van der Waals surface area contributed by atoms with E-state index in [4.69, 9.17) is 4.74 Å². The number of alkyl carbamates (subject to hydrolysis) is 1. The molecule has 3 rings (SSSR count). The van der Waals surface area contributed by atoms with E-state index in [9.17, 15) is 19.5 Å². The van der Waals surface area contributed by atoms with E-state index in [0.717, 1.165) is 10.8 Å². The van der Waals surface area contributed by atoms with E-state index in [1.165, 1.54) is 11.0 Å². The van der Waals surface area contributed by atoms with Crippen LogP contribution in [0.5, 0.6) is 5.75 Å². The van der Waals surface area contributed by atoms with E-state index in [0.29, 0.717) is 5.69 Å². The fourth-order valence-corrected chi connectivity index (χ4v) is 4.40. The molecule has 2 atom stereocenters. The van der Waals surface area contributed by atoms with Crippen molar-refractivity contribution in [2.24, 2.45) is 5.92 Å². The van der Waals surface area contributed by atoms with Crippen molar-refractivity contribution < 1.29 is 24.2 Å². The number of phenols is 1. The summed E-state index contributed by atoms with van der Waals surface area (Å²) in [5.74, 6) is -1.38. The van der Waals surface area contributed by atoms with Crippen LogP contribution < -0.4 is 10.6 Å². The normalized spacial score (nSPS) is 13.2. The summed E-state index contributed by atoms with van der Waals surface area (Å²) in [7, 11) is 0. The highest BCUT2D eigenvalue weighted by Crippen LogP contribution is 2.33. The Hall–Kier alpha value is -4.07. The zero-order chi connectivity index (χ0) is 28.9. The van der Waals surface area contributed by atoms with Gasteiger partial charge in [0.15, 0.2) is 0 Å². The fourth-order valence-electron chi connectivity index (χ4n) is 4.40. The number of phenolic OH excluding ortho intramolecular Hbond substituents is 1. The average molecular weight is 534 g/mol. The Kier molecular flexibility index (Phi) is 9.22. The number of fused-ring (bicyclic) bond motifs is 1. The van der Waals surface area contributed by atoms with Crippen LogP contribution in [-0.2, 0) is 14.3 Å². The Morgan fingerprint density at radius 1 is 0.872 bits per heavy atom. The molecule has 0 aromatic heterocycles. The molecule has 39 heavy (non-hydrogen) atoms. The van der Waals surface area contributed by atoms with Crippen LogP contribution in [0.25, 0.3) is 10.8 Å². The number of anilines is 1. The van der Waals surface area contributed by atoms with Gasteiger partial charge in [0.05, 0.1) is 0 Å². The van der Waals surface area contributed by atoms with Crippen molar-refractivity contribution in [2.45, 2.75) is 72.2 Å². The van der Waals surface area contributed by atoms with Gasteiger partial charge in [0, 0.05) is 17.3 Å². The molecular formula is C31H39N3O5. The van der Waals surface area contributed by atoms with Crippen LogP contribution in [0.15, 0.2) is 66.7 Å². The number of benzene rings is 3. The van der Waals surface area contributed by atoms with Gasteiger partial charge < -0.3 is 25.4 Å². The number of para-hydroxylation sites is 1. The lowest BCUT2D eigenvalue weighted by Crippen LogP contribution is -2.56. The number of ether oxygens (including phenoxy) is 1. The quantitative estimate of drug-likeness (QED) is 0.329. The van der Waals surface area contributed by atoms with Crippen molar-refractivity contribution in [3.8, 4) is 5.75 Å². The molecule has 3 aromatic carbocycles. The second kappa shape index (κ2) is 12.2. The third-order valence-electron chi connectivity index (χ3n) is 6.19. The first-order chi connectivity index (χ1) is 18.3. The number of hydrogen-bond donors (Lipinski definition) is 3. The van der Waals surface area contributed by atoms with E-state index in [-0.39, 0.29) is 17.2 Å². The Balaban J connectivity index is 2.02. The maximum Gasteiger partial charge on any atom is 0.408 e. The molecule has 8 nitrogen and oxygen atoms in total. The van der Waals surface area contributed by atoms with Crippen LogP contribution in [0.4, 0.5) is 10.5 Å². The van der Waals surface area contributed by atoms with Gasteiger partial charge in [-0.25, -0.2) is 4.79 Å². The van der Waals surface area contributed by atoms with Gasteiger partial charge in [-0.15, -0.1) is 0 Å². The van der Waals surface area contributed by atoms with E-state index in [1.54, 1.807) is 58.9 Å². The van der Waals surface area contributed by atoms with Gasteiger partial charge in [0.1, 0.15) is 23.4 Å². The van der Waals surface area contributed by atoms with E-state index < -0.39 is 41.6 Å². The van der Waals surface area contributed by atoms with Gasteiger partial charge in [-0.1, -0.05) is 62.4 Å². The van der Waals surface area contributed by atoms with Crippen LogP contribution in [0, 0.1) is 5.92 Å². The highest BCUT2D eigenvalue weighted by molar-refractivity contribution is 6.00. The lowest BCUT2D eigenvalue weighted by atomic mass is 9.97. The first-order valence-electron chi connectivity index (χ1n) is 13.2. The summed E-state index contributed by atoms with van der Waals surface area (Å²) in [4.78, 5) is 42.0. The molecule has 0 heterocycles. The van der Waals surface area contributed by atoms with Gasteiger partial charge in [0.25, 0.3) is 5.91 Å². The number of aromatic hydroxyl groups is 1. The number of carbonyl (C=O) groups is 3. The second-order valence-electron chi connectivity index (χ2n) is 11.2. The molecule has 0 aliphatic rings. The number of carbonyl (C=O) groups excluding carboxylic acids is 3. The summed E-state index contributed by atoms with van der Waals surface area (Å²) in [6.45, 7) is 12.4. The Labute approximate surface area is 230 Å². The molecule has 3 aromatic rings. The van der Waals surface area contributed by atoms with Crippen molar-refractivity contribution >= 4 is 34.4 Å². The largest absolute Gasteiger partial charge is 0.508 e.